The number of hydrogen-bond donors (Lipinski definition) is 2. The van der Waals surface area contributed by atoms with Gasteiger partial charge in [-0.2, -0.15) is 0 Å². The molecule has 8 heteroatoms. The van der Waals surface area contributed by atoms with E-state index >= 15 is 0 Å². The summed E-state index contributed by atoms with van der Waals surface area (Å²) in [6.07, 6.45) is 1.59. The van der Waals surface area contributed by atoms with E-state index in [4.69, 9.17) is 14.5 Å². The lowest BCUT2D eigenvalue weighted by Gasteiger charge is -2.55. The predicted octanol–water partition coefficient (Wildman–Crippen LogP) is 0.164. The molecular formula is C11H20NO6P. The van der Waals surface area contributed by atoms with Gasteiger partial charge in [-0.05, 0) is 19.8 Å². The van der Waals surface area contributed by atoms with Crippen LogP contribution in [0.2, 0.25) is 0 Å². The van der Waals surface area contributed by atoms with Crippen molar-refractivity contribution in [2.75, 3.05) is 26.9 Å². The maximum atomic E-state index is 12.5. The number of methoxy groups -OCH3 is 1. The summed E-state index contributed by atoms with van der Waals surface area (Å²) in [4.78, 5) is 32.2. The van der Waals surface area contributed by atoms with E-state index in [9.17, 15) is 9.36 Å². The zero-order chi connectivity index (χ0) is 14.3. The molecule has 4 atom stereocenters. The summed E-state index contributed by atoms with van der Waals surface area (Å²) in [6, 6.07) is 0.187. The number of hydrogen-bond acceptors (Lipinski definition) is 5. The van der Waals surface area contributed by atoms with E-state index in [-0.39, 0.29) is 31.0 Å². The monoisotopic (exact) mass is 293 g/mol. The van der Waals surface area contributed by atoms with Crippen molar-refractivity contribution in [1.29, 1.82) is 0 Å². The molecule has 3 rings (SSSR count). The molecule has 0 aliphatic carbocycles. The van der Waals surface area contributed by atoms with Crippen LogP contribution in [0.3, 0.4) is 0 Å². The predicted molar refractivity (Wildman–Crippen MR) is 66.5 cm³/mol. The Bertz CT molecular complexity index is 410. The minimum absolute atomic E-state index is 0.0212. The molecule has 3 fully saturated rings. The molecule has 19 heavy (non-hydrogen) atoms. The third kappa shape index (κ3) is 2.77. The molecule has 0 radical (unpaired) electrons. The minimum Gasteiger partial charge on any atom is -0.382 e. The van der Waals surface area contributed by atoms with Crippen LogP contribution in [-0.2, 0) is 18.6 Å². The van der Waals surface area contributed by atoms with Crippen LogP contribution in [0.4, 0.5) is 0 Å². The van der Waals surface area contributed by atoms with Crippen molar-refractivity contribution in [3.05, 3.63) is 0 Å². The fourth-order valence-electron chi connectivity index (χ4n) is 3.35. The first-order valence-electron chi connectivity index (χ1n) is 6.30. The highest BCUT2D eigenvalue weighted by atomic mass is 31.2. The van der Waals surface area contributed by atoms with E-state index in [0.717, 1.165) is 19.4 Å². The summed E-state index contributed by atoms with van der Waals surface area (Å²) in [5.41, 5.74) is -1.06. The van der Waals surface area contributed by atoms with E-state index in [2.05, 4.69) is 4.52 Å². The summed E-state index contributed by atoms with van der Waals surface area (Å²) < 4.78 is 20.7. The van der Waals surface area contributed by atoms with Crippen LogP contribution in [0.5, 0.6) is 0 Å². The molecule has 0 aromatic rings. The first-order chi connectivity index (χ1) is 8.80. The third-order valence-corrected chi connectivity index (χ3v) is 4.58. The SMILES string of the molecule is COC[C@]1(COP(=O)(O)O)C(=O)C2CCN1[C@H](C)C2. The number of phosphoric acid groups is 1. The number of nitrogens with zero attached hydrogens (tertiary/aromatic N) is 1. The van der Waals surface area contributed by atoms with Crippen LogP contribution in [0, 0.1) is 5.92 Å². The maximum absolute atomic E-state index is 12.5. The number of piperidine rings is 3. The molecule has 0 spiro atoms. The summed E-state index contributed by atoms with van der Waals surface area (Å²) in [5.74, 6) is -0.0809. The standard InChI is InChI=1S/C11H20NO6P/c1-8-5-9-3-4-12(8)11(6-17-2,10(9)13)7-18-19(14,15)16/h8-9H,3-7H2,1-2H3,(H2,14,15,16)/t8-,9?,11+/m1/s1. The van der Waals surface area contributed by atoms with Gasteiger partial charge in [0.1, 0.15) is 5.54 Å². The van der Waals surface area contributed by atoms with Gasteiger partial charge in [-0.15, -0.1) is 0 Å². The second-order valence-electron chi connectivity index (χ2n) is 5.36. The van der Waals surface area contributed by atoms with Crippen molar-refractivity contribution in [2.24, 2.45) is 5.92 Å². The number of carbonyl (C=O) groups excluding carboxylic acids is 1. The molecule has 2 N–H and O–H groups in total. The van der Waals surface area contributed by atoms with E-state index < -0.39 is 13.4 Å². The number of ether oxygens (including phenoxy) is 1. The minimum atomic E-state index is -4.60. The van der Waals surface area contributed by atoms with E-state index in [1.807, 2.05) is 11.8 Å². The fourth-order valence-corrected chi connectivity index (χ4v) is 3.73. The quantitative estimate of drug-likeness (QED) is 0.697. The second kappa shape index (κ2) is 5.24. The Kier molecular flexibility index (Phi) is 4.16. The van der Waals surface area contributed by atoms with Crippen LogP contribution in [0.15, 0.2) is 0 Å². The van der Waals surface area contributed by atoms with E-state index in [0.29, 0.717) is 0 Å². The molecule has 2 unspecified atom stereocenters. The highest BCUT2D eigenvalue weighted by Crippen LogP contribution is 2.44. The van der Waals surface area contributed by atoms with Crippen molar-refractivity contribution in [3.8, 4) is 0 Å². The summed E-state index contributed by atoms with van der Waals surface area (Å²) in [7, 11) is -3.13. The van der Waals surface area contributed by atoms with Gasteiger partial charge >= 0.3 is 7.82 Å². The van der Waals surface area contributed by atoms with Gasteiger partial charge in [0.2, 0.25) is 0 Å². The Balaban J connectivity index is 2.26. The Morgan fingerprint density at radius 2 is 2.16 bits per heavy atom. The van der Waals surface area contributed by atoms with Gasteiger partial charge in [0.15, 0.2) is 5.78 Å². The van der Waals surface area contributed by atoms with E-state index in [1.165, 1.54) is 7.11 Å². The zero-order valence-corrected chi connectivity index (χ0v) is 12.0. The molecule has 3 saturated heterocycles. The first kappa shape index (κ1) is 15.1. The normalized spacial score (nSPS) is 38.7. The van der Waals surface area contributed by atoms with Crippen LogP contribution < -0.4 is 0 Å². The molecule has 3 heterocycles. The number of rotatable bonds is 5. The highest BCUT2D eigenvalue weighted by Gasteiger charge is 2.56. The van der Waals surface area contributed by atoms with Crippen LogP contribution >= 0.6 is 7.82 Å². The Hall–Kier alpha value is -0.300. The van der Waals surface area contributed by atoms with Crippen molar-refractivity contribution in [3.63, 3.8) is 0 Å². The van der Waals surface area contributed by atoms with Gasteiger partial charge < -0.3 is 14.5 Å². The first-order valence-corrected chi connectivity index (χ1v) is 7.83. The zero-order valence-electron chi connectivity index (χ0n) is 11.1. The van der Waals surface area contributed by atoms with Crippen molar-refractivity contribution in [2.45, 2.75) is 31.3 Å². The van der Waals surface area contributed by atoms with Crippen molar-refractivity contribution >= 4 is 13.6 Å². The molecular weight excluding hydrogens is 273 g/mol. The Morgan fingerprint density at radius 3 is 2.68 bits per heavy atom. The number of fused-ring (bicyclic) bond motifs is 3. The molecule has 2 bridgehead atoms. The fraction of sp³-hybridized carbons (Fsp3) is 0.909. The number of phosphoric ester groups is 1. The number of ketones is 1. The molecule has 0 saturated carbocycles. The summed E-state index contributed by atoms with van der Waals surface area (Å²) in [5, 5.41) is 0. The lowest BCUT2D eigenvalue weighted by Crippen LogP contribution is -2.71. The van der Waals surface area contributed by atoms with Gasteiger partial charge in [0.25, 0.3) is 0 Å². The topological polar surface area (TPSA) is 96.3 Å². The van der Waals surface area contributed by atoms with E-state index in [1.54, 1.807) is 0 Å². The second-order valence-corrected chi connectivity index (χ2v) is 6.60. The largest absolute Gasteiger partial charge is 0.469 e. The molecule has 0 aromatic carbocycles. The van der Waals surface area contributed by atoms with Crippen LogP contribution in [0.1, 0.15) is 19.8 Å². The average molecular weight is 293 g/mol. The van der Waals surface area contributed by atoms with Crippen LogP contribution in [-0.4, -0.2) is 58.9 Å². The van der Waals surface area contributed by atoms with Crippen molar-refractivity contribution in [1.82, 2.24) is 4.90 Å². The number of Topliss-reactive ketones (excluding diaryl/α,β-unsaturated/α-hetero) is 1. The van der Waals surface area contributed by atoms with Gasteiger partial charge in [-0.25, -0.2) is 4.57 Å². The smallest absolute Gasteiger partial charge is 0.382 e. The van der Waals surface area contributed by atoms with Crippen molar-refractivity contribution < 1.29 is 28.4 Å². The Labute approximate surface area is 112 Å². The van der Waals surface area contributed by atoms with Gasteiger partial charge in [-0.3, -0.25) is 14.2 Å². The Morgan fingerprint density at radius 1 is 1.47 bits per heavy atom. The lowest BCUT2D eigenvalue weighted by atomic mass is 9.71. The summed E-state index contributed by atoms with van der Waals surface area (Å²) in [6.45, 7) is 2.50. The molecule has 110 valence electrons. The molecule has 3 aliphatic rings. The maximum Gasteiger partial charge on any atom is 0.469 e. The average Bonchev–Trinajstić information content (AvgIpc) is 2.31. The van der Waals surface area contributed by atoms with Gasteiger partial charge in [0, 0.05) is 25.6 Å². The molecule has 0 amide bonds. The molecule has 0 aromatic heterocycles. The molecule has 3 aliphatic heterocycles. The lowest BCUT2D eigenvalue weighted by molar-refractivity contribution is -0.164. The van der Waals surface area contributed by atoms with Crippen LogP contribution in [0.25, 0.3) is 0 Å². The molecule has 7 nitrogen and oxygen atoms in total. The third-order valence-electron chi connectivity index (χ3n) is 4.11. The summed E-state index contributed by atoms with van der Waals surface area (Å²) >= 11 is 0. The van der Waals surface area contributed by atoms with Gasteiger partial charge in [0.05, 0.1) is 13.2 Å². The number of carbonyl (C=O) groups is 1. The highest BCUT2D eigenvalue weighted by molar-refractivity contribution is 7.46. The van der Waals surface area contributed by atoms with Gasteiger partial charge in [-0.1, -0.05) is 0 Å².